The number of hydrogen-bond acceptors (Lipinski definition) is 3. The third-order valence-corrected chi connectivity index (χ3v) is 3.40. The van der Waals surface area contributed by atoms with Gasteiger partial charge in [0.15, 0.2) is 0 Å². The van der Waals surface area contributed by atoms with E-state index in [4.69, 9.17) is 4.74 Å². The Balaban J connectivity index is 2.00. The fourth-order valence-electron chi connectivity index (χ4n) is 2.15. The number of esters is 1. The molecule has 1 aliphatic heterocycles. The highest BCUT2D eigenvalue weighted by Gasteiger charge is 2.34. The van der Waals surface area contributed by atoms with Crippen molar-refractivity contribution < 1.29 is 14.3 Å². The number of hydrogen-bond donors (Lipinski definition) is 0. The van der Waals surface area contributed by atoms with Crippen LogP contribution in [-0.4, -0.2) is 29.4 Å². The van der Waals surface area contributed by atoms with Crippen LogP contribution in [0.25, 0.3) is 0 Å². The molecule has 0 aromatic heterocycles. The summed E-state index contributed by atoms with van der Waals surface area (Å²) < 4.78 is 5.17. The van der Waals surface area contributed by atoms with E-state index >= 15 is 0 Å². The molecule has 1 aromatic carbocycles. The number of rotatable bonds is 5. The highest BCUT2D eigenvalue weighted by Crippen LogP contribution is 2.24. The van der Waals surface area contributed by atoms with Gasteiger partial charge in [-0.3, -0.25) is 4.79 Å². The van der Waals surface area contributed by atoms with Crippen LogP contribution in [0.2, 0.25) is 0 Å². The first-order valence-corrected chi connectivity index (χ1v) is 6.70. The maximum Gasteiger partial charge on any atom is 0.328 e. The average Bonchev–Trinajstić information content (AvgIpc) is 2.76. The van der Waals surface area contributed by atoms with Crippen LogP contribution < -0.4 is 0 Å². The highest BCUT2D eigenvalue weighted by atomic mass is 16.5. The summed E-state index contributed by atoms with van der Waals surface area (Å²) in [6, 6.07) is 6.93. The van der Waals surface area contributed by atoms with Crippen molar-refractivity contribution in [3.63, 3.8) is 0 Å². The molecule has 1 unspecified atom stereocenters. The zero-order chi connectivity index (χ0) is 13.8. The van der Waals surface area contributed by atoms with E-state index in [1.165, 1.54) is 0 Å². The van der Waals surface area contributed by atoms with Crippen LogP contribution in [0, 0.1) is 0 Å². The lowest BCUT2D eigenvalue weighted by atomic mass is 10.1. The third kappa shape index (κ3) is 2.78. The van der Waals surface area contributed by atoms with Gasteiger partial charge in [0.1, 0.15) is 6.04 Å². The zero-order valence-corrected chi connectivity index (χ0v) is 11.4. The number of ether oxygens (including phenoxy) is 1. The first kappa shape index (κ1) is 13.6. The van der Waals surface area contributed by atoms with Crippen molar-refractivity contribution in [2.75, 3.05) is 6.61 Å². The quantitative estimate of drug-likeness (QED) is 0.604. The lowest BCUT2D eigenvalue weighted by Crippen LogP contribution is -2.40. The molecule has 2 rings (SSSR count). The summed E-state index contributed by atoms with van der Waals surface area (Å²) in [5.74, 6) is -0.412. The van der Waals surface area contributed by atoms with Crippen molar-refractivity contribution in [1.29, 1.82) is 0 Å². The molecule has 0 radical (unpaired) electrons. The van der Waals surface area contributed by atoms with Gasteiger partial charge < -0.3 is 9.64 Å². The fourth-order valence-corrected chi connectivity index (χ4v) is 2.15. The van der Waals surface area contributed by atoms with E-state index < -0.39 is 6.04 Å². The number of carbonyl (C=O) groups excluding carboxylic acids is 2. The Kier molecular flexibility index (Phi) is 4.20. The van der Waals surface area contributed by atoms with Crippen LogP contribution in [0.4, 0.5) is 0 Å². The van der Waals surface area contributed by atoms with E-state index in [2.05, 4.69) is 0 Å². The lowest BCUT2D eigenvalue weighted by Gasteiger charge is -2.22. The van der Waals surface area contributed by atoms with Crippen molar-refractivity contribution >= 4 is 11.9 Å². The molecule has 1 heterocycles. The third-order valence-electron chi connectivity index (χ3n) is 3.40. The summed E-state index contributed by atoms with van der Waals surface area (Å²) in [5, 5.41) is 0. The molecule has 102 valence electrons. The van der Waals surface area contributed by atoms with Crippen LogP contribution in [-0.2, 0) is 16.1 Å². The van der Waals surface area contributed by atoms with Crippen LogP contribution in [0.1, 0.15) is 42.6 Å². The summed E-state index contributed by atoms with van der Waals surface area (Å²) in [6.07, 6.45) is 1.84. The number of benzene rings is 1. The molecule has 19 heavy (non-hydrogen) atoms. The fraction of sp³-hybridized carbons (Fsp3) is 0.467. The standard InChI is InChI=1S/C15H19NO3/c1-3-4-9-19-15(18)11(2)16-10-12-7-5-6-8-13(12)14(16)17/h5-8,11H,3-4,9-10H2,1-2H3. The molecule has 0 spiro atoms. The molecular formula is C15H19NO3. The molecule has 1 aromatic rings. The van der Waals surface area contributed by atoms with Gasteiger partial charge in [0.05, 0.1) is 6.61 Å². The first-order chi connectivity index (χ1) is 9.15. The highest BCUT2D eigenvalue weighted by molar-refractivity contribution is 6.00. The number of amides is 1. The molecule has 4 heteroatoms. The van der Waals surface area contributed by atoms with Crippen molar-refractivity contribution in [2.45, 2.75) is 39.3 Å². The van der Waals surface area contributed by atoms with E-state index in [0.717, 1.165) is 18.4 Å². The summed E-state index contributed by atoms with van der Waals surface area (Å²) in [5.41, 5.74) is 1.66. The summed E-state index contributed by atoms with van der Waals surface area (Å²) in [4.78, 5) is 25.6. The Morgan fingerprint density at radius 3 is 2.84 bits per heavy atom. The van der Waals surface area contributed by atoms with Crippen molar-refractivity contribution in [3.8, 4) is 0 Å². The maximum atomic E-state index is 12.2. The molecule has 0 saturated heterocycles. The van der Waals surface area contributed by atoms with Crippen LogP contribution >= 0.6 is 0 Å². The SMILES string of the molecule is CCCCOC(=O)C(C)N1Cc2ccccc2C1=O. The van der Waals surface area contributed by atoms with E-state index in [-0.39, 0.29) is 11.9 Å². The van der Waals surface area contributed by atoms with Gasteiger partial charge in [0.2, 0.25) is 0 Å². The van der Waals surface area contributed by atoms with Crippen molar-refractivity contribution in [1.82, 2.24) is 4.90 Å². The second kappa shape index (κ2) is 5.87. The largest absolute Gasteiger partial charge is 0.464 e. The minimum absolute atomic E-state index is 0.0875. The van der Waals surface area contributed by atoms with Gasteiger partial charge in [-0.25, -0.2) is 4.79 Å². The smallest absolute Gasteiger partial charge is 0.328 e. The number of carbonyl (C=O) groups is 2. The van der Waals surface area contributed by atoms with Crippen molar-refractivity contribution in [2.24, 2.45) is 0 Å². The van der Waals surface area contributed by atoms with E-state index in [1.807, 2.05) is 25.1 Å². The molecule has 0 bridgehead atoms. The summed E-state index contributed by atoms with van der Waals surface area (Å²) in [7, 11) is 0. The van der Waals surface area contributed by atoms with E-state index in [9.17, 15) is 9.59 Å². The molecule has 0 saturated carbocycles. The number of fused-ring (bicyclic) bond motifs is 1. The first-order valence-electron chi connectivity index (χ1n) is 6.70. The normalized spacial score (nSPS) is 15.3. The molecule has 1 amide bonds. The van der Waals surface area contributed by atoms with Gasteiger partial charge >= 0.3 is 5.97 Å². The Bertz CT molecular complexity index is 484. The van der Waals surface area contributed by atoms with Gasteiger partial charge in [-0.05, 0) is 25.0 Å². The molecule has 4 nitrogen and oxygen atoms in total. The van der Waals surface area contributed by atoms with Gasteiger partial charge in [-0.1, -0.05) is 31.5 Å². The molecular weight excluding hydrogens is 242 g/mol. The Morgan fingerprint density at radius 2 is 2.16 bits per heavy atom. The maximum absolute atomic E-state index is 12.2. The second-order valence-corrected chi connectivity index (χ2v) is 4.79. The Hall–Kier alpha value is -1.84. The molecule has 1 atom stereocenters. The molecule has 1 aliphatic rings. The van der Waals surface area contributed by atoms with E-state index in [1.54, 1.807) is 17.9 Å². The van der Waals surface area contributed by atoms with Gasteiger partial charge in [0.25, 0.3) is 5.91 Å². The lowest BCUT2D eigenvalue weighted by molar-refractivity contribution is -0.148. The summed E-state index contributed by atoms with van der Waals surface area (Å²) in [6.45, 7) is 4.67. The Morgan fingerprint density at radius 1 is 1.42 bits per heavy atom. The van der Waals surface area contributed by atoms with Gasteiger partial charge in [-0.2, -0.15) is 0 Å². The van der Waals surface area contributed by atoms with Crippen LogP contribution in [0.3, 0.4) is 0 Å². The molecule has 0 aliphatic carbocycles. The van der Waals surface area contributed by atoms with Gasteiger partial charge in [0, 0.05) is 12.1 Å². The van der Waals surface area contributed by atoms with Crippen LogP contribution in [0.5, 0.6) is 0 Å². The summed E-state index contributed by atoms with van der Waals surface area (Å²) >= 11 is 0. The predicted octanol–water partition coefficient (Wildman–Crippen LogP) is 2.37. The topological polar surface area (TPSA) is 46.6 Å². The second-order valence-electron chi connectivity index (χ2n) is 4.79. The predicted molar refractivity (Wildman–Crippen MR) is 71.6 cm³/mol. The monoisotopic (exact) mass is 261 g/mol. The zero-order valence-electron chi connectivity index (χ0n) is 11.4. The minimum Gasteiger partial charge on any atom is -0.464 e. The van der Waals surface area contributed by atoms with E-state index in [0.29, 0.717) is 18.7 Å². The van der Waals surface area contributed by atoms with Crippen molar-refractivity contribution in [3.05, 3.63) is 35.4 Å². The molecule has 0 N–H and O–H groups in total. The number of nitrogens with zero attached hydrogens (tertiary/aromatic N) is 1. The Labute approximate surface area is 113 Å². The molecule has 0 fully saturated rings. The number of unbranched alkanes of at least 4 members (excludes halogenated alkanes) is 1. The average molecular weight is 261 g/mol. The van der Waals surface area contributed by atoms with Crippen LogP contribution in [0.15, 0.2) is 24.3 Å². The minimum atomic E-state index is -0.531. The van der Waals surface area contributed by atoms with Gasteiger partial charge in [-0.15, -0.1) is 0 Å².